The summed E-state index contributed by atoms with van der Waals surface area (Å²) in [6, 6.07) is 3.30. The molecule has 18 heavy (non-hydrogen) atoms. The van der Waals surface area contributed by atoms with Crippen molar-refractivity contribution in [3.8, 4) is 0 Å². The van der Waals surface area contributed by atoms with E-state index in [1.165, 1.54) is 0 Å². The average molecular weight is 254 g/mol. The molecule has 0 unspecified atom stereocenters. The van der Waals surface area contributed by atoms with Gasteiger partial charge in [-0.2, -0.15) is 0 Å². The van der Waals surface area contributed by atoms with E-state index in [0.29, 0.717) is 19.8 Å². The Hall–Kier alpha value is -1.33. The fourth-order valence-corrected chi connectivity index (χ4v) is 1.53. The summed E-state index contributed by atoms with van der Waals surface area (Å²) in [7, 11) is 0. The van der Waals surface area contributed by atoms with Gasteiger partial charge in [-0.05, 0) is 25.0 Å². The summed E-state index contributed by atoms with van der Waals surface area (Å²) in [6.07, 6.45) is 4.03. The van der Waals surface area contributed by atoms with Crippen LogP contribution in [0.5, 0.6) is 0 Å². The quantitative estimate of drug-likeness (QED) is 0.653. The first-order valence-electron chi connectivity index (χ1n) is 6.37. The minimum atomic E-state index is -0.390. The van der Waals surface area contributed by atoms with E-state index in [2.05, 4.69) is 5.32 Å². The van der Waals surface area contributed by atoms with Crippen LogP contribution >= 0.6 is 0 Å². The van der Waals surface area contributed by atoms with Gasteiger partial charge in [0.05, 0.1) is 12.3 Å². The molecule has 1 aromatic rings. The summed E-state index contributed by atoms with van der Waals surface area (Å²) in [6.45, 7) is 3.66. The van der Waals surface area contributed by atoms with Crippen LogP contribution in [0.25, 0.3) is 0 Å². The maximum absolute atomic E-state index is 11.5. The number of carbonyl (C=O) groups is 1. The van der Waals surface area contributed by atoms with Crippen molar-refractivity contribution in [2.24, 2.45) is 5.73 Å². The first kappa shape index (κ1) is 14.7. The third-order valence-corrected chi connectivity index (χ3v) is 2.53. The third-order valence-electron chi connectivity index (χ3n) is 2.53. The Morgan fingerprint density at radius 3 is 3.11 bits per heavy atom. The number of nitrogens with one attached hydrogen (secondary N) is 1. The molecule has 0 saturated heterocycles. The van der Waals surface area contributed by atoms with Crippen molar-refractivity contribution < 1.29 is 13.9 Å². The largest absolute Gasteiger partial charge is 0.467 e. The molecule has 0 saturated carbocycles. The van der Waals surface area contributed by atoms with Gasteiger partial charge in [0, 0.05) is 13.2 Å². The Kier molecular flexibility index (Phi) is 7.13. The van der Waals surface area contributed by atoms with Gasteiger partial charge in [0.1, 0.15) is 12.4 Å². The van der Waals surface area contributed by atoms with Gasteiger partial charge in [-0.1, -0.05) is 13.3 Å². The minimum Gasteiger partial charge on any atom is -0.467 e. The van der Waals surface area contributed by atoms with Crippen molar-refractivity contribution in [3.63, 3.8) is 0 Å². The van der Waals surface area contributed by atoms with Crippen LogP contribution in [0.15, 0.2) is 22.8 Å². The van der Waals surface area contributed by atoms with Gasteiger partial charge in [-0.3, -0.25) is 4.79 Å². The van der Waals surface area contributed by atoms with E-state index in [1.807, 2.05) is 19.1 Å². The zero-order chi connectivity index (χ0) is 13.2. The topological polar surface area (TPSA) is 77.5 Å². The molecule has 102 valence electrons. The summed E-state index contributed by atoms with van der Waals surface area (Å²) in [5, 5.41) is 2.79. The van der Waals surface area contributed by atoms with E-state index in [9.17, 15) is 4.79 Å². The summed E-state index contributed by atoms with van der Waals surface area (Å²) < 4.78 is 10.5. The number of nitrogens with two attached hydrogens (primary N) is 1. The molecule has 5 heteroatoms. The second-order valence-electron chi connectivity index (χ2n) is 4.17. The monoisotopic (exact) mass is 254 g/mol. The zero-order valence-electron chi connectivity index (χ0n) is 10.9. The van der Waals surface area contributed by atoms with Crippen molar-refractivity contribution >= 4 is 5.91 Å². The van der Waals surface area contributed by atoms with E-state index in [0.717, 1.165) is 25.0 Å². The molecule has 1 atom stereocenters. The van der Waals surface area contributed by atoms with Crippen molar-refractivity contribution in [3.05, 3.63) is 24.2 Å². The molecule has 1 rings (SSSR count). The highest BCUT2D eigenvalue weighted by Crippen LogP contribution is 2.01. The molecule has 5 nitrogen and oxygen atoms in total. The van der Waals surface area contributed by atoms with Gasteiger partial charge in [0.2, 0.25) is 5.91 Å². The standard InChI is InChI=1S/C13H22N2O3/c1-2-5-12(14)13(16)15-7-4-8-17-10-11-6-3-9-18-11/h3,6,9,12H,2,4-5,7-8,10,14H2,1H3,(H,15,16)/t12-/m1/s1. The molecule has 0 aliphatic rings. The number of rotatable bonds is 9. The molecule has 0 aliphatic carbocycles. The minimum absolute atomic E-state index is 0.0807. The second-order valence-corrected chi connectivity index (χ2v) is 4.17. The molecular weight excluding hydrogens is 232 g/mol. The number of hydrogen-bond acceptors (Lipinski definition) is 4. The summed E-state index contributed by atoms with van der Waals surface area (Å²) in [5.74, 6) is 0.729. The van der Waals surface area contributed by atoms with Crippen LogP contribution in [0.3, 0.4) is 0 Å². The van der Waals surface area contributed by atoms with E-state index >= 15 is 0 Å². The fraction of sp³-hybridized carbons (Fsp3) is 0.615. The molecule has 0 bridgehead atoms. The highest BCUT2D eigenvalue weighted by Gasteiger charge is 2.10. The predicted octanol–water partition coefficient (Wildman–Crippen LogP) is 1.43. The van der Waals surface area contributed by atoms with Crippen LogP contribution < -0.4 is 11.1 Å². The van der Waals surface area contributed by atoms with Crippen LogP contribution in [-0.4, -0.2) is 25.1 Å². The van der Waals surface area contributed by atoms with E-state index in [4.69, 9.17) is 14.9 Å². The van der Waals surface area contributed by atoms with E-state index < -0.39 is 0 Å². The predicted molar refractivity (Wildman–Crippen MR) is 68.9 cm³/mol. The Bertz CT molecular complexity index is 325. The summed E-state index contributed by atoms with van der Waals surface area (Å²) >= 11 is 0. The molecule has 0 aliphatic heterocycles. The van der Waals surface area contributed by atoms with Crippen LogP contribution in [0.1, 0.15) is 31.9 Å². The van der Waals surface area contributed by atoms with Crippen molar-refractivity contribution in [2.75, 3.05) is 13.2 Å². The van der Waals surface area contributed by atoms with Crippen LogP contribution in [-0.2, 0) is 16.1 Å². The molecule has 1 aromatic heterocycles. The smallest absolute Gasteiger partial charge is 0.236 e. The zero-order valence-corrected chi connectivity index (χ0v) is 10.9. The van der Waals surface area contributed by atoms with Crippen molar-refractivity contribution in [1.29, 1.82) is 0 Å². The highest BCUT2D eigenvalue weighted by molar-refractivity contribution is 5.81. The van der Waals surface area contributed by atoms with Gasteiger partial charge in [0.15, 0.2) is 0 Å². The van der Waals surface area contributed by atoms with E-state index in [-0.39, 0.29) is 11.9 Å². The number of ether oxygens (including phenoxy) is 1. The number of carbonyl (C=O) groups excluding carboxylic acids is 1. The Labute approximate surface area is 108 Å². The van der Waals surface area contributed by atoms with Crippen LogP contribution in [0.4, 0.5) is 0 Å². The average Bonchev–Trinajstić information content (AvgIpc) is 2.86. The lowest BCUT2D eigenvalue weighted by atomic mass is 10.2. The third kappa shape index (κ3) is 5.84. The number of amides is 1. The normalized spacial score (nSPS) is 12.3. The van der Waals surface area contributed by atoms with Gasteiger partial charge in [0.25, 0.3) is 0 Å². The second kappa shape index (κ2) is 8.72. The summed E-state index contributed by atoms with van der Waals surface area (Å²) in [4.78, 5) is 11.5. The lowest BCUT2D eigenvalue weighted by molar-refractivity contribution is -0.122. The molecule has 0 radical (unpaired) electrons. The Morgan fingerprint density at radius 1 is 1.61 bits per heavy atom. The van der Waals surface area contributed by atoms with Crippen LogP contribution in [0.2, 0.25) is 0 Å². The van der Waals surface area contributed by atoms with Crippen molar-refractivity contribution in [1.82, 2.24) is 5.32 Å². The molecule has 3 N–H and O–H groups in total. The molecule has 0 spiro atoms. The van der Waals surface area contributed by atoms with Crippen molar-refractivity contribution in [2.45, 2.75) is 38.8 Å². The fourth-order valence-electron chi connectivity index (χ4n) is 1.53. The molecule has 0 aromatic carbocycles. The van der Waals surface area contributed by atoms with Gasteiger partial charge in [-0.25, -0.2) is 0 Å². The number of hydrogen-bond donors (Lipinski definition) is 2. The molecule has 0 fully saturated rings. The first-order chi connectivity index (χ1) is 8.74. The van der Waals surface area contributed by atoms with Gasteiger partial charge in [-0.15, -0.1) is 0 Å². The maximum Gasteiger partial charge on any atom is 0.236 e. The lowest BCUT2D eigenvalue weighted by Crippen LogP contribution is -2.40. The highest BCUT2D eigenvalue weighted by atomic mass is 16.5. The molecular formula is C13H22N2O3. The number of furan rings is 1. The summed E-state index contributed by atoms with van der Waals surface area (Å²) in [5.41, 5.74) is 5.68. The molecule has 1 heterocycles. The lowest BCUT2D eigenvalue weighted by Gasteiger charge is -2.10. The maximum atomic E-state index is 11.5. The Balaban J connectivity index is 1.96. The Morgan fingerprint density at radius 2 is 2.44 bits per heavy atom. The van der Waals surface area contributed by atoms with Gasteiger partial charge < -0.3 is 20.2 Å². The first-order valence-corrected chi connectivity index (χ1v) is 6.37. The SMILES string of the molecule is CCC[C@@H](N)C(=O)NCCCOCc1ccco1. The van der Waals surface area contributed by atoms with Crippen LogP contribution in [0, 0.1) is 0 Å². The van der Waals surface area contributed by atoms with E-state index in [1.54, 1.807) is 6.26 Å². The molecule has 1 amide bonds. The van der Waals surface area contributed by atoms with Gasteiger partial charge >= 0.3 is 0 Å².